The van der Waals surface area contributed by atoms with Gasteiger partial charge in [-0.05, 0) is 55.5 Å². The van der Waals surface area contributed by atoms with Gasteiger partial charge < -0.3 is 10.1 Å². The molecule has 0 aliphatic rings. The van der Waals surface area contributed by atoms with E-state index >= 15 is 0 Å². The predicted molar refractivity (Wildman–Crippen MR) is 110 cm³/mol. The standard InChI is InChI=1S/C19H20N4O2S2/c1-14(25-16-9-7-15(13-20)8-10-16)18(24)22-23-19(26)21-11-12-27-17-5-3-2-4-6-17/h2-10,14H,11-12H2,1H3,(H,22,24)(H2,21,23,26)/t14-/m1/s1. The Hall–Kier alpha value is -2.76. The molecular weight excluding hydrogens is 380 g/mol. The first kappa shape index (κ1) is 20.6. The van der Waals surface area contributed by atoms with Gasteiger partial charge in [-0.25, -0.2) is 0 Å². The summed E-state index contributed by atoms with van der Waals surface area (Å²) in [6, 6.07) is 18.7. The Morgan fingerprint density at radius 2 is 1.89 bits per heavy atom. The fourth-order valence-electron chi connectivity index (χ4n) is 1.98. The molecule has 6 nitrogen and oxygen atoms in total. The van der Waals surface area contributed by atoms with Crippen LogP contribution in [0, 0.1) is 11.3 Å². The topological polar surface area (TPSA) is 86.2 Å². The lowest BCUT2D eigenvalue weighted by molar-refractivity contribution is -0.127. The van der Waals surface area contributed by atoms with Crippen molar-refractivity contribution in [3.8, 4) is 11.8 Å². The van der Waals surface area contributed by atoms with Crippen molar-refractivity contribution in [3.05, 3.63) is 60.2 Å². The van der Waals surface area contributed by atoms with E-state index in [4.69, 9.17) is 22.2 Å². The van der Waals surface area contributed by atoms with Gasteiger partial charge in [0.15, 0.2) is 11.2 Å². The average molecular weight is 401 g/mol. The molecule has 0 saturated heterocycles. The second-order valence-electron chi connectivity index (χ2n) is 5.43. The lowest BCUT2D eigenvalue weighted by Gasteiger charge is -2.16. The van der Waals surface area contributed by atoms with Gasteiger partial charge in [-0.3, -0.25) is 15.6 Å². The van der Waals surface area contributed by atoms with E-state index in [0.29, 0.717) is 23.0 Å². The number of thiocarbonyl (C=S) groups is 1. The van der Waals surface area contributed by atoms with E-state index in [-0.39, 0.29) is 5.91 Å². The zero-order valence-electron chi connectivity index (χ0n) is 14.8. The van der Waals surface area contributed by atoms with Crippen molar-refractivity contribution in [2.75, 3.05) is 12.3 Å². The third kappa shape index (κ3) is 7.56. The molecule has 8 heteroatoms. The summed E-state index contributed by atoms with van der Waals surface area (Å²) in [5, 5.41) is 12.1. The molecule has 0 spiro atoms. The molecule has 0 bridgehead atoms. The van der Waals surface area contributed by atoms with Gasteiger partial charge in [0.05, 0.1) is 11.6 Å². The minimum Gasteiger partial charge on any atom is -0.481 e. The Morgan fingerprint density at radius 3 is 2.56 bits per heavy atom. The molecule has 0 aliphatic heterocycles. The number of hydrogen-bond acceptors (Lipinski definition) is 5. The maximum absolute atomic E-state index is 12.0. The number of carbonyl (C=O) groups is 1. The molecular formula is C19H20N4O2S2. The number of nitrogens with one attached hydrogen (secondary N) is 3. The quantitative estimate of drug-likeness (QED) is 0.285. The monoisotopic (exact) mass is 400 g/mol. The highest BCUT2D eigenvalue weighted by Gasteiger charge is 2.14. The minimum absolute atomic E-state index is 0.336. The lowest BCUT2D eigenvalue weighted by Crippen LogP contribution is -2.50. The van der Waals surface area contributed by atoms with Gasteiger partial charge in [-0.2, -0.15) is 5.26 Å². The maximum atomic E-state index is 12.0. The molecule has 0 fully saturated rings. The van der Waals surface area contributed by atoms with Gasteiger partial charge in [0.1, 0.15) is 5.75 Å². The second-order valence-corrected chi connectivity index (χ2v) is 7.00. The smallest absolute Gasteiger partial charge is 0.279 e. The zero-order chi connectivity index (χ0) is 19.5. The number of hydrogen-bond donors (Lipinski definition) is 3. The number of carbonyl (C=O) groups excluding carboxylic acids is 1. The molecule has 0 saturated carbocycles. The van der Waals surface area contributed by atoms with Gasteiger partial charge in [-0.1, -0.05) is 18.2 Å². The largest absolute Gasteiger partial charge is 0.481 e. The van der Waals surface area contributed by atoms with Crippen LogP contribution in [0.2, 0.25) is 0 Å². The molecule has 1 amide bonds. The Morgan fingerprint density at radius 1 is 1.19 bits per heavy atom. The Kier molecular flexibility index (Phi) is 8.42. The molecule has 0 radical (unpaired) electrons. The summed E-state index contributed by atoms with van der Waals surface area (Å²) >= 11 is 6.85. The van der Waals surface area contributed by atoms with Gasteiger partial charge >= 0.3 is 0 Å². The Balaban J connectivity index is 1.63. The molecule has 140 valence electrons. The molecule has 1 atom stereocenters. The van der Waals surface area contributed by atoms with E-state index in [0.717, 1.165) is 5.75 Å². The van der Waals surface area contributed by atoms with E-state index in [2.05, 4.69) is 28.3 Å². The van der Waals surface area contributed by atoms with Gasteiger partial charge in [0.2, 0.25) is 0 Å². The summed E-state index contributed by atoms with van der Waals surface area (Å²) in [7, 11) is 0. The first-order valence-corrected chi connectivity index (χ1v) is 9.66. The molecule has 0 aliphatic carbocycles. The Labute approximate surface area is 168 Å². The fraction of sp³-hybridized carbons (Fsp3) is 0.211. The molecule has 3 N–H and O–H groups in total. The van der Waals surface area contributed by atoms with Crippen LogP contribution in [0.5, 0.6) is 5.75 Å². The lowest BCUT2D eigenvalue weighted by atomic mass is 10.2. The number of thioether (sulfide) groups is 1. The summed E-state index contributed by atoms with van der Waals surface area (Å²) in [5.74, 6) is 0.996. The first-order valence-electron chi connectivity index (χ1n) is 8.27. The van der Waals surface area contributed by atoms with Crippen LogP contribution in [0.25, 0.3) is 0 Å². The van der Waals surface area contributed by atoms with Crippen LogP contribution >= 0.6 is 24.0 Å². The zero-order valence-corrected chi connectivity index (χ0v) is 16.4. The molecule has 0 heterocycles. The van der Waals surface area contributed by atoms with Crippen LogP contribution in [0.4, 0.5) is 0 Å². The van der Waals surface area contributed by atoms with Crippen molar-refractivity contribution < 1.29 is 9.53 Å². The second kappa shape index (κ2) is 11.1. The number of benzene rings is 2. The fourth-order valence-corrected chi connectivity index (χ4v) is 2.92. The summed E-state index contributed by atoms with van der Waals surface area (Å²) in [6.07, 6.45) is -0.720. The third-order valence-electron chi connectivity index (χ3n) is 3.36. The number of ether oxygens (including phenoxy) is 1. The number of nitrogens with zero attached hydrogens (tertiary/aromatic N) is 1. The van der Waals surface area contributed by atoms with E-state index in [9.17, 15) is 4.79 Å². The maximum Gasteiger partial charge on any atom is 0.279 e. The molecule has 0 unspecified atom stereocenters. The van der Waals surface area contributed by atoms with E-state index in [1.54, 1.807) is 43.0 Å². The highest BCUT2D eigenvalue weighted by atomic mass is 32.2. The SMILES string of the molecule is C[C@@H](Oc1ccc(C#N)cc1)C(=O)NNC(=S)NCCSc1ccccc1. The predicted octanol–water partition coefficient (Wildman–Crippen LogP) is 2.61. The van der Waals surface area contributed by atoms with E-state index in [1.807, 2.05) is 24.3 Å². The summed E-state index contributed by atoms with van der Waals surface area (Å²) < 4.78 is 5.53. The van der Waals surface area contributed by atoms with Gasteiger partial charge in [0, 0.05) is 17.2 Å². The van der Waals surface area contributed by atoms with E-state index in [1.165, 1.54) is 4.90 Å². The van der Waals surface area contributed by atoms with Crippen molar-refractivity contribution in [1.82, 2.24) is 16.2 Å². The number of hydrazine groups is 1. The van der Waals surface area contributed by atoms with Crippen molar-refractivity contribution in [2.24, 2.45) is 0 Å². The average Bonchev–Trinajstić information content (AvgIpc) is 2.70. The molecule has 2 aromatic carbocycles. The summed E-state index contributed by atoms with van der Waals surface area (Å²) in [5.41, 5.74) is 5.69. The molecule has 2 aromatic rings. The highest BCUT2D eigenvalue weighted by molar-refractivity contribution is 7.99. The van der Waals surface area contributed by atoms with Crippen molar-refractivity contribution in [3.63, 3.8) is 0 Å². The van der Waals surface area contributed by atoms with Crippen LogP contribution in [0.15, 0.2) is 59.5 Å². The summed E-state index contributed by atoms with van der Waals surface area (Å²) in [6.45, 7) is 2.29. The number of nitriles is 1. The Bertz CT molecular complexity index is 792. The van der Waals surface area contributed by atoms with Crippen LogP contribution in [0.1, 0.15) is 12.5 Å². The number of rotatable bonds is 7. The van der Waals surface area contributed by atoms with Crippen LogP contribution in [-0.4, -0.2) is 29.4 Å². The summed E-state index contributed by atoms with van der Waals surface area (Å²) in [4.78, 5) is 13.2. The molecule has 2 rings (SSSR count). The molecule has 27 heavy (non-hydrogen) atoms. The van der Waals surface area contributed by atoms with Crippen molar-refractivity contribution >= 4 is 35.0 Å². The van der Waals surface area contributed by atoms with Gasteiger partial charge in [0.25, 0.3) is 5.91 Å². The van der Waals surface area contributed by atoms with Crippen LogP contribution < -0.4 is 20.9 Å². The van der Waals surface area contributed by atoms with E-state index < -0.39 is 6.10 Å². The van der Waals surface area contributed by atoms with Crippen molar-refractivity contribution in [2.45, 2.75) is 17.9 Å². The van der Waals surface area contributed by atoms with Crippen molar-refractivity contribution in [1.29, 1.82) is 5.26 Å². The van der Waals surface area contributed by atoms with Crippen LogP contribution in [-0.2, 0) is 4.79 Å². The first-order chi connectivity index (χ1) is 13.1. The molecule has 0 aromatic heterocycles. The minimum atomic E-state index is -0.720. The highest BCUT2D eigenvalue weighted by Crippen LogP contribution is 2.15. The van der Waals surface area contributed by atoms with Crippen LogP contribution in [0.3, 0.4) is 0 Å². The third-order valence-corrected chi connectivity index (χ3v) is 4.62. The normalized spacial score (nSPS) is 11.0. The van der Waals surface area contributed by atoms with Gasteiger partial charge in [-0.15, -0.1) is 11.8 Å². The number of amides is 1.